The first-order chi connectivity index (χ1) is 10.0. The van der Waals surface area contributed by atoms with Gasteiger partial charge in [-0.05, 0) is 31.9 Å². The molecule has 0 radical (unpaired) electrons. The smallest absolute Gasteiger partial charge is 0.282 e. The van der Waals surface area contributed by atoms with E-state index in [1.54, 1.807) is 0 Å². The minimum absolute atomic E-state index is 0.00434. The number of carbonyl (C=O) groups is 1. The summed E-state index contributed by atoms with van der Waals surface area (Å²) in [6.07, 6.45) is 1.61. The van der Waals surface area contributed by atoms with E-state index in [4.69, 9.17) is 10.6 Å². The standard InChI is InChI=1S/C13H18N4O4/c1-2-21-10-5-9(6-10)15-13(18)11-7-8(16-14)3-4-12(11)17(19)20/h3-4,7,9-10,16H,2,5-6,14H2,1H3,(H,15,18). The highest BCUT2D eigenvalue weighted by Crippen LogP contribution is 2.26. The van der Waals surface area contributed by atoms with Gasteiger partial charge < -0.3 is 15.5 Å². The second kappa shape index (κ2) is 6.51. The Morgan fingerprint density at radius 1 is 1.52 bits per heavy atom. The molecule has 1 amide bonds. The normalized spacial score (nSPS) is 20.5. The molecule has 0 bridgehead atoms. The van der Waals surface area contributed by atoms with Gasteiger partial charge in [-0.1, -0.05) is 0 Å². The number of nitrogen functional groups attached to an aromatic ring is 1. The van der Waals surface area contributed by atoms with Crippen LogP contribution < -0.4 is 16.6 Å². The molecule has 8 nitrogen and oxygen atoms in total. The van der Waals surface area contributed by atoms with Gasteiger partial charge in [-0.15, -0.1) is 0 Å². The minimum Gasteiger partial charge on any atom is -0.378 e. The third-order valence-electron chi connectivity index (χ3n) is 3.44. The molecule has 0 heterocycles. The van der Waals surface area contributed by atoms with Gasteiger partial charge in [0.25, 0.3) is 11.6 Å². The van der Waals surface area contributed by atoms with Crippen molar-refractivity contribution in [2.45, 2.75) is 31.9 Å². The maximum Gasteiger partial charge on any atom is 0.282 e. The van der Waals surface area contributed by atoms with Gasteiger partial charge in [-0.2, -0.15) is 0 Å². The first-order valence-corrected chi connectivity index (χ1v) is 6.72. The van der Waals surface area contributed by atoms with Gasteiger partial charge in [-0.25, -0.2) is 0 Å². The second-order valence-electron chi connectivity index (χ2n) is 4.85. The van der Waals surface area contributed by atoms with Crippen molar-refractivity contribution < 1.29 is 14.5 Å². The van der Waals surface area contributed by atoms with Crippen molar-refractivity contribution in [2.24, 2.45) is 5.84 Å². The molecule has 8 heteroatoms. The number of hydrogen-bond acceptors (Lipinski definition) is 6. The Kier molecular flexibility index (Phi) is 4.71. The molecular weight excluding hydrogens is 276 g/mol. The molecule has 21 heavy (non-hydrogen) atoms. The lowest BCUT2D eigenvalue weighted by Gasteiger charge is -2.35. The van der Waals surface area contributed by atoms with Crippen LogP contribution in [0.15, 0.2) is 18.2 Å². The molecule has 1 aromatic carbocycles. The summed E-state index contributed by atoms with van der Waals surface area (Å²) >= 11 is 0. The van der Waals surface area contributed by atoms with Crippen molar-refractivity contribution in [1.82, 2.24) is 5.32 Å². The number of carbonyl (C=O) groups excluding carboxylic acids is 1. The van der Waals surface area contributed by atoms with Crippen molar-refractivity contribution in [3.8, 4) is 0 Å². The van der Waals surface area contributed by atoms with Gasteiger partial charge in [0.2, 0.25) is 0 Å². The van der Waals surface area contributed by atoms with Crippen molar-refractivity contribution in [3.63, 3.8) is 0 Å². The van der Waals surface area contributed by atoms with Crippen LogP contribution in [0.3, 0.4) is 0 Å². The van der Waals surface area contributed by atoms with E-state index in [-0.39, 0.29) is 23.4 Å². The highest BCUT2D eigenvalue weighted by molar-refractivity contribution is 5.99. The first kappa shape index (κ1) is 15.2. The minimum atomic E-state index is -0.584. The molecule has 0 unspecified atom stereocenters. The molecule has 1 aliphatic rings. The molecule has 2 rings (SSSR count). The number of anilines is 1. The van der Waals surface area contributed by atoms with Gasteiger partial charge in [0.15, 0.2) is 0 Å². The molecule has 0 spiro atoms. The SMILES string of the molecule is CCOC1CC(NC(=O)c2cc(NN)ccc2[N+](=O)[O-])C1. The van der Waals surface area contributed by atoms with E-state index in [1.807, 2.05) is 6.92 Å². The van der Waals surface area contributed by atoms with Crippen molar-refractivity contribution in [3.05, 3.63) is 33.9 Å². The topological polar surface area (TPSA) is 120 Å². The number of nitrogens with two attached hydrogens (primary N) is 1. The van der Waals surface area contributed by atoms with Crippen LogP contribution in [0.25, 0.3) is 0 Å². The number of nitro benzene ring substituents is 1. The molecule has 1 fully saturated rings. The van der Waals surface area contributed by atoms with Crippen LogP contribution in [0.5, 0.6) is 0 Å². The van der Waals surface area contributed by atoms with Crippen LogP contribution in [0.1, 0.15) is 30.1 Å². The number of nitrogens with one attached hydrogen (secondary N) is 2. The van der Waals surface area contributed by atoms with E-state index in [1.165, 1.54) is 18.2 Å². The molecule has 0 aliphatic heterocycles. The Morgan fingerprint density at radius 2 is 2.24 bits per heavy atom. The van der Waals surface area contributed by atoms with Gasteiger partial charge in [0.05, 0.1) is 11.0 Å². The molecule has 0 atom stereocenters. The third-order valence-corrected chi connectivity index (χ3v) is 3.44. The largest absolute Gasteiger partial charge is 0.378 e. The molecule has 1 aliphatic carbocycles. The predicted molar refractivity (Wildman–Crippen MR) is 76.8 cm³/mol. The first-order valence-electron chi connectivity index (χ1n) is 6.72. The Hall–Kier alpha value is -2.19. The average Bonchev–Trinajstić information content (AvgIpc) is 2.44. The summed E-state index contributed by atoms with van der Waals surface area (Å²) in [4.78, 5) is 22.6. The van der Waals surface area contributed by atoms with Crippen LogP contribution in [-0.4, -0.2) is 29.6 Å². The Morgan fingerprint density at radius 3 is 2.81 bits per heavy atom. The van der Waals surface area contributed by atoms with Crippen molar-refractivity contribution >= 4 is 17.3 Å². The molecule has 1 saturated carbocycles. The number of nitro groups is 1. The summed E-state index contributed by atoms with van der Waals surface area (Å²) in [6, 6.07) is 4.06. The molecule has 4 N–H and O–H groups in total. The molecule has 0 saturated heterocycles. The summed E-state index contributed by atoms with van der Waals surface area (Å²) in [5, 5.41) is 13.8. The van der Waals surface area contributed by atoms with Crippen LogP contribution in [0.4, 0.5) is 11.4 Å². The van der Waals surface area contributed by atoms with Crippen molar-refractivity contribution in [2.75, 3.05) is 12.0 Å². The molecule has 114 valence electrons. The lowest BCUT2D eigenvalue weighted by atomic mass is 9.89. The van der Waals surface area contributed by atoms with Crippen LogP contribution in [-0.2, 0) is 4.74 Å². The Bertz CT molecular complexity index is 543. The average molecular weight is 294 g/mol. The van der Waals surface area contributed by atoms with E-state index in [0.29, 0.717) is 12.3 Å². The summed E-state index contributed by atoms with van der Waals surface area (Å²) in [6.45, 7) is 2.56. The zero-order valence-corrected chi connectivity index (χ0v) is 11.7. The molecular formula is C13H18N4O4. The number of amides is 1. The highest BCUT2D eigenvalue weighted by Gasteiger charge is 2.32. The monoisotopic (exact) mass is 294 g/mol. The van der Waals surface area contributed by atoms with E-state index < -0.39 is 10.8 Å². The zero-order valence-electron chi connectivity index (χ0n) is 11.7. The fraction of sp³-hybridized carbons (Fsp3) is 0.462. The van der Waals surface area contributed by atoms with Gasteiger partial charge in [-0.3, -0.25) is 20.8 Å². The summed E-state index contributed by atoms with van der Waals surface area (Å²) < 4.78 is 5.41. The predicted octanol–water partition coefficient (Wildman–Crippen LogP) is 1.18. The lowest BCUT2D eigenvalue weighted by Crippen LogP contribution is -2.47. The van der Waals surface area contributed by atoms with Crippen molar-refractivity contribution in [1.29, 1.82) is 0 Å². The number of nitrogens with zero attached hydrogens (tertiary/aromatic N) is 1. The Labute approximate surface area is 121 Å². The highest BCUT2D eigenvalue weighted by atomic mass is 16.6. The number of rotatable bonds is 6. The quantitative estimate of drug-likeness (QED) is 0.411. The number of hydrogen-bond donors (Lipinski definition) is 3. The van der Waals surface area contributed by atoms with Crippen LogP contribution in [0, 0.1) is 10.1 Å². The van der Waals surface area contributed by atoms with E-state index in [9.17, 15) is 14.9 Å². The summed E-state index contributed by atoms with van der Waals surface area (Å²) in [7, 11) is 0. The Balaban J connectivity index is 2.06. The summed E-state index contributed by atoms with van der Waals surface area (Å²) in [5.41, 5.74) is 2.56. The van der Waals surface area contributed by atoms with Gasteiger partial charge in [0, 0.05) is 24.4 Å². The third kappa shape index (κ3) is 3.47. The number of ether oxygens (including phenoxy) is 1. The second-order valence-corrected chi connectivity index (χ2v) is 4.85. The lowest BCUT2D eigenvalue weighted by molar-refractivity contribution is -0.385. The zero-order chi connectivity index (χ0) is 15.4. The van der Waals surface area contributed by atoms with E-state index >= 15 is 0 Å². The van der Waals surface area contributed by atoms with Crippen LogP contribution in [0.2, 0.25) is 0 Å². The summed E-state index contributed by atoms with van der Waals surface area (Å²) in [5.74, 6) is 4.79. The fourth-order valence-corrected chi connectivity index (χ4v) is 2.29. The van der Waals surface area contributed by atoms with E-state index in [0.717, 1.165) is 12.8 Å². The maximum atomic E-state index is 12.2. The maximum absolute atomic E-state index is 12.2. The van der Waals surface area contributed by atoms with E-state index in [2.05, 4.69) is 10.7 Å². The fourth-order valence-electron chi connectivity index (χ4n) is 2.29. The van der Waals surface area contributed by atoms with Gasteiger partial charge in [0.1, 0.15) is 5.56 Å². The van der Waals surface area contributed by atoms with Gasteiger partial charge >= 0.3 is 0 Å². The molecule has 1 aromatic rings. The number of hydrazine groups is 1. The van der Waals surface area contributed by atoms with Crippen LogP contribution >= 0.6 is 0 Å². The molecule has 0 aromatic heterocycles. The number of benzene rings is 1.